The third kappa shape index (κ3) is 2.87. The van der Waals surface area contributed by atoms with Gasteiger partial charge in [0.2, 0.25) is 0 Å². The van der Waals surface area contributed by atoms with E-state index in [1.165, 1.54) is 36.8 Å². The summed E-state index contributed by atoms with van der Waals surface area (Å²) in [6.45, 7) is 3.84. The van der Waals surface area contributed by atoms with Gasteiger partial charge in [0.25, 0.3) is 0 Å². The number of aliphatic hydroxyl groups is 2. The Bertz CT molecular complexity index is 1910. The van der Waals surface area contributed by atoms with Crippen molar-refractivity contribution in [3.05, 3.63) is 69.0 Å². The number of H-pyrrole nitrogens is 1. The molecule has 1 aromatic heterocycles. The Balaban J connectivity index is 1.03. The third-order valence-corrected chi connectivity index (χ3v) is 15.7. The number of aromatic amines is 1. The Morgan fingerprint density at radius 1 is 0.673 bits per heavy atom. The summed E-state index contributed by atoms with van der Waals surface area (Å²) in [5.74, 6) is 2.77. The average molecular weight is 662 g/mol. The van der Waals surface area contributed by atoms with Gasteiger partial charge in [-0.25, -0.2) is 0 Å². The van der Waals surface area contributed by atoms with E-state index in [0.717, 1.165) is 85.5 Å². The molecule has 10 aliphatic rings. The predicted molar refractivity (Wildman–Crippen MR) is 177 cm³/mol. The van der Waals surface area contributed by atoms with E-state index in [2.05, 4.69) is 26.9 Å². The largest absolute Gasteiger partial charge is 0.504 e. The van der Waals surface area contributed by atoms with Crippen molar-refractivity contribution in [2.24, 2.45) is 11.8 Å². The summed E-state index contributed by atoms with van der Waals surface area (Å²) >= 11 is 0. The summed E-state index contributed by atoms with van der Waals surface area (Å²) in [6, 6.07) is 7.56. The van der Waals surface area contributed by atoms with E-state index in [1.54, 1.807) is 12.1 Å². The number of hydrogen-bond acceptors (Lipinski definition) is 8. The van der Waals surface area contributed by atoms with Gasteiger partial charge in [0, 0.05) is 49.1 Å². The molecule has 5 heterocycles. The monoisotopic (exact) mass is 661 g/mol. The van der Waals surface area contributed by atoms with E-state index in [1.807, 2.05) is 0 Å². The van der Waals surface area contributed by atoms with E-state index < -0.39 is 34.2 Å². The van der Waals surface area contributed by atoms with Gasteiger partial charge in [0.15, 0.2) is 35.2 Å². The van der Waals surface area contributed by atoms with Gasteiger partial charge in [-0.1, -0.05) is 12.1 Å². The normalized spacial score (nSPS) is 41.3. The fourth-order valence-corrected chi connectivity index (χ4v) is 13.4. The number of nitrogens with zero attached hydrogens (tertiary/aromatic N) is 2. The first kappa shape index (κ1) is 27.5. The lowest BCUT2D eigenvalue weighted by atomic mass is 9.47. The fraction of sp³-hybridized carbons (Fsp3) is 0.600. The van der Waals surface area contributed by atoms with Crippen LogP contribution in [0, 0.1) is 11.8 Å². The number of fused-ring (bicyclic) bond motifs is 5. The Kier molecular flexibility index (Phi) is 4.64. The number of phenols is 2. The molecule has 13 rings (SSSR count). The highest BCUT2D eigenvalue weighted by molar-refractivity contribution is 5.68. The van der Waals surface area contributed by atoms with Crippen molar-refractivity contribution in [1.29, 1.82) is 0 Å². The second kappa shape index (κ2) is 8.28. The lowest BCUT2D eigenvalue weighted by Crippen LogP contribution is -2.75. The maximum Gasteiger partial charge on any atom is 0.166 e. The molecule has 4 bridgehead atoms. The molecule has 5 N–H and O–H groups in total. The molecule has 2 unspecified atom stereocenters. The predicted octanol–water partition coefficient (Wildman–Crippen LogP) is 3.82. The molecule has 4 fully saturated rings. The first-order valence-electron chi connectivity index (χ1n) is 19.0. The average Bonchev–Trinajstić information content (AvgIpc) is 3.98. The maximum atomic E-state index is 13.5. The third-order valence-electron chi connectivity index (χ3n) is 15.7. The van der Waals surface area contributed by atoms with Crippen molar-refractivity contribution in [3.8, 4) is 23.0 Å². The van der Waals surface area contributed by atoms with E-state index in [-0.39, 0.29) is 23.6 Å². The molecule has 2 spiro atoms. The zero-order chi connectivity index (χ0) is 32.4. The summed E-state index contributed by atoms with van der Waals surface area (Å²) < 4.78 is 13.9. The highest BCUT2D eigenvalue weighted by Gasteiger charge is 2.76. The van der Waals surface area contributed by atoms with Gasteiger partial charge in [0.1, 0.15) is 0 Å². The molecule has 3 aromatic rings. The minimum Gasteiger partial charge on any atom is -0.504 e. The number of hydrogen-bond donors (Lipinski definition) is 5. The van der Waals surface area contributed by atoms with Crippen LogP contribution in [0.25, 0.3) is 0 Å². The van der Waals surface area contributed by atoms with Crippen LogP contribution in [0.15, 0.2) is 24.3 Å². The number of aromatic hydroxyl groups is 2. The van der Waals surface area contributed by atoms with Gasteiger partial charge in [-0.2, -0.15) is 0 Å². The molecule has 254 valence electrons. The molecule has 2 aromatic carbocycles. The van der Waals surface area contributed by atoms with Gasteiger partial charge in [-0.05, 0) is 111 Å². The second-order valence-corrected chi connectivity index (χ2v) is 17.8. The van der Waals surface area contributed by atoms with Crippen molar-refractivity contribution < 1.29 is 29.9 Å². The van der Waals surface area contributed by atoms with Crippen LogP contribution >= 0.6 is 0 Å². The second-order valence-electron chi connectivity index (χ2n) is 17.8. The number of likely N-dealkylation sites (tertiary alicyclic amines) is 2. The van der Waals surface area contributed by atoms with E-state index in [0.29, 0.717) is 36.2 Å². The molecular formula is C40H43N3O6. The van der Waals surface area contributed by atoms with Crippen LogP contribution in [0.3, 0.4) is 0 Å². The first-order valence-corrected chi connectivity index (χ1v) is 19.0. The summed E-state index contributed by atoms with van der Waals surface area (Å²) in [7, 11) is 0. The van der Waals surface area contributed by atoms with E-state index in [9.17, 15) is 20.4 Å². The van der Waals surface area contributed by atoms with E-state index >= 15 is 0 Å². The zero-order valence-corrected chi connectivity index (χ0v) is 27.7. The van der Waals surface area contributed by atoms with Crippen molar-refractivity contribution in [3.63, 3.8) is 0 Å². The zero-order valence-electron chi connectivity index (χ0n) is 27.7. The molecule has 9 heteroatoms. The van der Waals surface area contributed by atoms with Gasteiger partial charge in [-0.15, -0.1) is 0 Å². The Morgan fingerprint density at radius 2 is 1.12 bits per heavy atom. The van der Waals surface area contributed by atoms with Crippen molar-refractivity contribution in [2.45, 2.75) is 111 Å². The van der Waals surface area contributed by atoms with Gasteiger partial charge in [-0.3, -0.25) is 9.80 Å². The summed E-state index contributed by atoms with van der Waals surface area (Å²) in [5.41, 5.74) is 4.93. The van der Waals surface area contributed by atoms with E-state index in [4.69, 9.17) is 9.47 Å². The number of ether oxygens (including phenoxy) is 2. The number of piperidine rings is 2. The van der Waals surface area contributed by atoms with Crippen LogP contribution in [-0.2, 0) is 36.5 Å². The molecule has 0 radical (unpaired) electrons. The smallest absolute Gasteiger partial charge is 0.166 e. The van der Waals surface area contributed by atoms with Crippen LogP contribution in [0.4, 0.5) is 0 Å². The van der Waals surface area contributed by atoms with Gasteiger partial charge in [0.05, 0.1) is 33.4 Å². The summed E-state index contributed by atoms with van der Waals surface area (Å²) in [5, 5.41) is 49.4. The lowest BCUT2D eigenvalue weighted by molar-refractivity contribution is -0.176. The van der Waals surface area contributed by atoms with Crippen LogP contribution in [-0.4, -0.2) is 84.7 Å². The van der Waals surface area contributed by atoms with Crippen LogP contribution in [0.1, 0.15) is 95.5 Å². The number of rotatable bonds is 4. The van der Waals surface area contributed by atoms with Crippen molar-refractivity contribution in [2.75, 3.05) is 26.2 Å². The Morgan fingerprint density at radius 3 is 1.55 bits per heavy atom. The topological polar surface area (TPSA) is 122 Å². The fourth-order valence-electron chi connectivity index (χ4n) is 13.4. The van der Waals surface area contributed by atoms with Crippen LogP contribution < -0.4 is 9.47 Å². The number of phenolic OH excluding ortho intramolecular Hbond substituents is 2. The minimum absolute atomic E-state index is 0.0535. The maximum absolute atomic E-state index is 13.5. The number of aromatic nitrogens is 1. The van der Waals surface area contributed by atoms with Crippen molar-refractivity contribution >= 4 is 0 Å². The molecule has 2 saturated carbocycles. The standard InChI is InChI=1S/C40H43N3O6/c44-25-7-5-21-13-27-39(46)15-23-24-16-40(47)28-14-22-6-8-26(45)34-30(22)38(40,10-12-43(28)18-20-3-4-20)36(49-34)32(24)41-31(23)35-37(39,29(21)33(25)48-35)9-11-42(27)17-19-1-2-19/h5-8,19-20,27-28,35-36,41,44-47H,1-4,9-18H2/t27-,28?,35+,36+,37+,38?,39-,40-/m1/s1. The Hall–Kier alpha value is -3.24. The highest BCUT2D eigenvalue weighted by Crippen LogP contribution is 2.72. The van der Waals surface area contributed by atoms with Gasteiger partial charge < -0.3 is 34.9 Å². The summed E-state index contributed by atoms with van der Waals surface area (Å²) in [6.07, 6.45) is 8.06. The molecule has 8 atom stereocenters. The molecule has 9 nitrogen and oxygen atoms in total. The number of benzene rings is 2. The quantitative estimate of drug-likeness (QED) is 0.286. The molecule has 4 aliphatic heterocycles. The lowest BCUT2D eigenvalue weighted by Gasteiger charge is -2.63. The first-order chi connectivity index (χ1) is 23.7. The molecular weight excluding hydrogens is 618 g/mol. The SMILES string of the molecule is Oc1ccc2c3c1O[C@H]1c4[nH]c5c(c4C[C@@]4(O)C(C2)N(CC2CC2)CCC314)C[C@@]1(O)[C@H]2Cc3ccc(O)c4c3[C@@]1(CCN2CC1CC1)[C@H]5O4. The van der Waals surface area contributed by atoms with Crippen LogP contribution in [0.5, 0.6) is 23.0 Å². The van der Waals surface area contributed by atoms with Crippen LogP contribution in [0.2, 0.25) is 0 Å². The van der Waals surface area contributed by atoms with Gasteiger partial charge >= 0.3 is 0 Å². The molecule has 6 aliphatic carbocycles. The summed E-state index contributed by atoms with van der Waals surface area (Å²) in [4.78, 5) is 9.05. The number of nitrogens with one attached hydrogen (secondary N) is 1. The Labute approximate surface area is 284 Å². The molecule has 2 saturated heterocycles. The molecule has 0 amide bonds. The highest BCUT2D eigenvalue weighted by atomic mass is 16.5. The molecule has 49 heavy (non-hydrogen) atoms. The van der Waals surface area contributed by atoms with Crippen molar-refractivity contribution in [1.82, 2.24) is 14.8 Å². The minimum atomic E-state index is -1.09.